The smallest absolute Gasteiger partial charge is 0.306 e. The maximum Gasteiger partial charge on any atom is 0.306 e. The van der Waals surface area contributed by atoms with Crippen molar-refractivity contribution in [2.45, 2.75) is 32.1 Å². The van der Waals surface area contributed by atoms with Crippen LogP contribution in [-0.4, -0.2) is 25.7 Å². The van der Waals surface area contributed by atoms with Gasteiger partial charge in [0.15, 0.2) is 0 Å². The van der Waals surface area contributed by atoms with E-state index >= 15 is 0 Å². The van der Waals surface area contributed by atoms with E-state index in [0.29, 0.717) is 18.9 Å². The molecule has 1 fully saturated rings. The van der Waals surface area contributed by atoms with Gasteiger partial charge in [-0.3, -0.25) is 4.79 Å². The zero-order valence-corrected chi connectivity index (χ0v) is 13.1. The number of hydrogen-bond acceptors (Lipinski definition) is 3. The number of carbonyl (C=O) groups excluding carboxylic acids is 1. The summed E-state index contributed by atoms with van der Waals surface area (Å²) in [5.41, 5.74) is 1.03. The molecule has 0 radical (unpaired) electrons. The van der Waals surface area contributed by atoms with Crippen molar-refractivity contribution in [3.63, 3.8) is 0 Å². The van der Waals surface area contributed by atoms with Crippen LogP contribution in [-0.2, 0) is 9.53 Å². The van der Waals surface area contributed by atoms with Gasteiger partial charge in [0.25, 0.3) is 0 Å². The minimum atomic E-state index is -0.242. The van der Waals surface area contributed by atoms with Gasteiger partial charge in [0.2, 0.25) is 0 Å². The van der Waals surface area contributed by atoms with E-state index in [1.165, 1.54) is 12.1 Å². The molecule has 3 nitrogen and oxygen atoms in total. The van der Waals surface area contributed by atoms with Crippen molar-refractivity contribution in [3.05, 3.63) is 35.6 Å². The highest BCUT2D eigenvalue weighted by atomic mass is 35.5. The molecule has 0 spiro atoms. The summed E-state index contributed by atoms with van der Waals surface area (Å²) in [5.74, 6) is 0.164. The molecule has 1 aromatic rings. The Morgan fingerprint density at radius 2 is 1.95 bits per heavy atom. The van der Waals surface area contributed by atoms with E-state index in [4.69, 9.17) is 4.74 Å². The number of carbonyl (C=O) groups is 1. The molecular weight excluding hydrogens is 293 g/mol. The second-order valence-corrected chi connectivity index (χ2v) is 5.25. The van der Waals surface area contributed by atoms with E-state index < -0.39 is 0 Å². The lowest BCUT2D eigenvalue weighted by Gasteiger charge is -2.30. The summed E-state index contributed by atoms with van der Waals surface area (Å²) in [7, 11) is 0. The normalized spacial score (nSPS) is 16.9. The molecule has 0 aliphatic carbocycles. The number of piperidine rings is 1. The monoisotopic (exact) mass is 315 g/mol. The predicted molar refractivity (Wildman–Crippen MR) is 83.2 cm³/mol. The van der Waals surface area contributed by atoms with Crippen LogP contribution >= 0.6 is 12.4 Å². The Hall–Kier alpha value is -1.13. The van der Waals surface area contributed by atoms with Crippen molar-refractivity contribution in [2.24, 2.45) is 5.92 Å². The summed E-state index contributed by atoms with van der Waals surface area (Å²) in [6.45, 7) is 4.17. The largest absolute Gasteiger partial charge is 0.466 e. The number of esters is 1. The van der Waals surface area contributed by atoms with Crippen LogP contribution in [0.5, 0.6) is 0 Å². The number of rotatable bonds is 5. The minimum absolute atomic E-state index is 0. The quantitative estimate of drug-likeness (QED) is 0.847. The minimum Gasteiger partial charge on any atom is -0.466 e. The highest BCUT2D eigenvalue weighted by molar-refractivity contribution is 5.85. The van der Waals surface area contributed by atoms with Crippen LogP contribution in [0.25, 0.3) is 0 Å². The Bertz CT molecular complexity index is 432. The molecule has 1 saturated heterocycles. The third-order valence-corrected chi connectivity index (χ3v) is 3.94. The van der Waals surface area contributed by atoms with Gasteiger partial charge in [-0.1, -0.05) is 12.1 Å². The molecule has 1 aliphatic heterocycles. The zero-order valence-electron chi connectivity index (χ0n) is 12.3. The summed E-state index contributed by atoms with van der Waals surface area (Å²) in [4.78, 5) is 11.8. The fourth-order valence-corrected chi connectivity index (χ4v) is 2.91. The number of ether oxygens (including phenoxy) is 1. The zero-order chi connectivity index (χ0) is 14.4. The second-order valence-electron chi connectivity index (χ2n) is 5.25. The first-order chi connectivity index (χ1) is 9.70. The Balaban J connectivity index is 0.00000220. The molecule has 0 amide bonds. The van der Waals surface area contributed by atoms with Crippen molar-refractivity contribution in [3.8, 4) is 0 Å². The van der Waals surface area contributed by atoms with Crippen molar-refractivity contribution < 1.29 is 13.9 Å². The lowest BCUT2D eigenvalue weighted by Crippen LogP contribution is -2.31. The van der Waals surface area contributed by atoms with Crippen molar-refractivity contribution in [1.29, 1.82) is 0 Å². The van der Waals surface area contributed by atoms with Crippen molar-refractivity contribution in [1.82, 2.24) is 5.32 Å². The van der Waals surface area contributed by atoms with Gasteiger partial charge in [-0.15, -0.1) is 12.4 Å². The van der Waals surface area contributed by atoms with E-state index in [1.807, 2.05) is 6.92 Å². The molecule has 0 saturated carbocycles. The van der Waals surface area contributed by atoms with Crippen LogP contribution in [0.15, 0.2) is 24.3 Å². The highest BCUT2D eigenvalue weighted by Gasteiger charge is 2.27. The van der Waals surface area contributed by atoms with Gasteiger partial charge in [0.1, 0.15) is 5.82 Å². The highest BCUT2D eigenvalue weighted by Crippen LogP contribution is 2.34. The van der Waals surface area contributed by atoms with E-state index in [9.17, 15) is 9.18 Å². The molecule has 21 heavy (non-hydrogen) atoms. The lowest BCUT2D eigenvalue weighted by atomic mass is 9.78. The number of nitrogens with one attached hydrogen (secondary N) is 1. The molecular formula is C16H23ClFNO2. The maximum atomic E-state index is 13.1. The van der Waals surface area contributed by atoms with Gasteiger partial charge in [0, 0.05) is 0 Å². The fraction of sp³-hybridized carbons (Fsp3) is 0.562. The SMILES string of the molecule is CCOC(=O)CC(c1ccc(F)cc1)C1CCNCC1.Cl. The van der Waals surface area contributed by atoms with Crippen LogP contribution in [0, 0.1) is 11.7 Å². The van der Waals surface area contributed by atoms with Gasteiger partial charge >= 0.3 is 5.97 Å². The Labute approximate surface area is 131 Å². The first kappa shape index (κ1) is 17.9. The Morgan fingerprint density at radius 1 is 1.33 bits per heavy atom. The Morgan fingerprint density at radius 3 is 2.52 bits per heavy atom. The molecule has 0 aromatic heterocycles. The van der Waals surface area contributed by atoms with Gasteiger partial charge in [0.05, 0.1) is 13.0 Å². The molecule has 118 valence electrons. The standard InChI is InChI=1S/C16H22FNO2.ClH/c1-2-20-16(19)11-15(13-7-9-18-10-8-13)12-3-5-14(17)6-4-12;/h3-6,13,15,18H,2,7-11H2,1H3;1H. The number of benzene rings is 1. The van der Waals surface area contributed by atoms with Crippen LogP contribution < -0.4 is 5.32 Å². The van der Waals surface area contributed by atoms with Crippen LogP contribution in [0.1, 0.15) is 37.7 Å². The first-order valence-corrected chi connectivity index (χ1v) is 7.32. The van der Waals surface area contributed by atoms with Crippen LogP contribution in [0.2, 0.25) is 0 Å². The first-order valence-electron chi connectivity index (χ1n) is 7.32. The predicted octanol–water partition coefficient (Wildman–Crippen LogP) is 3.28. The molecule has 1 unspecified atom stereocenters. The van der Waals surface area contributed by atoms with Crippen LogP contribution in [0.3, 0.4) is 0 Å². The molecule has 5 heteroatoms. The summed E-state index contributed by atoms with van der Waals surface area (Å²) in [5, 5.41) is 3.33. The number of hydrogen-bond donors (Lipinski definition) is 1. The summed E-state index contributed by atoms with van der Waals surface area (Å²) in [6.07, 6.45) is 2.47. The van der Waals surface area contributed by atoms with Crippen LogP contribution in [0.4, 0.5) is 4.39 Å². The topological polar surface area (TPSA) is 38.3 Å². The third kappa shape index (κ3) is 5.29. The number of halogens is 2. The van der Waals surface area contributed by atoms with E-state index in [-0.39, 0.29) is 30.1 Å². The Kier molecular flexibility index (Phi) is 7.68. The lowest BCUT2D eigenvalue weighted by molar-refractivity contribution is -0.143. The maximum absolute atomic E-state index is 13.1. The van der Waals surface area contributed by atoms with E-state index in [0.717, 1.165) is 31.5 Å². The fourth-order valence-electron chi connectivity index (χ4n) is 2.91. The molecule has 2 rings (SSSR count). The molecule has 1 N–H and O–H groups in total. The van der Waals surface area contributed by atoms with Gasteiger partial charge < -0.3 is 10.1 Å². The summed E-state index contributed by atoms with van der Waals surface area (Å²) in [6, 6.07) is 6.52. The second kappa shape index (κ2) is 9.00. The van der Waals surface area contributed by atoms with Crippen molar-refractivity contribution in [2.75, 3.05) is 19.7 Å². The van der Waals surface area contributed by atoms with Gasteiger partial charge in [-0.2, -0.15) is 0 Å². The summed E-state index contributed by atoms with van der Waals surface area (Å²) < 4.78 is 18.2. The molecule has 1 heterocycles. The average molecular weight is 316 g/mol. The third-order valence-electron chi connectivity index (χ3n) is 3.94. The molecule has 1 aromatic carbocycles. The van der Waals surface area contributed by atoms with Gasteiger partial charge in [-0.05, 0) is 62.4 Å². The average Bonchev–Trinajstić information content (AvgIpc) is 2.47. The van der Waals surface area contributed by atoms with Gasteiger partial charge in [-0.25, -0.2) is 4.39 Å². The molecule has 1 aliphatic rings. The summed E-state index contributed by atoms with van der Waals surface area (Å²) >= 11 is 0. The van der Waals surface area contributed by atoms with E-state index in [1.54, 1.807) is 12.1 Å². The van der Waals surface area contributed by atoms with Crippen molar-refractivity contribution >= 4 is 18.4 Å². The molecule has 1 atom stereocenters. The molecule has 0 bridgehead atoms. The van der Waals surface area contributed by atoms with E-state index in [2.05, 4.69) is 5.32 Å².